The third kappa shape index (κ3) is 7.42. The van der Waals surface area contributed by atoms with Gasteiger partial charge in [-0.15, -0.1) is 0 Å². The lowest BCUT2D eigenvalue weighted by molar-refractivity contribution is -0.108. The number of hydrogen-bond donors (Lipinski definition) is 3. The normalized spacial score (nSPS) is 17.8. The van der Waals surface area contributed by atoms with E-state index >= 15 is 0 Å². The smallest absolute Gasteiger partial charge is 0.258 e. The highest BCUT2D eigenvalue weighted by Gasteiger charge is 2.35. The highest BCUT2D eigenvalue weighted by atomic mass is 127. The first kappa shape index (κ1) is 33.3. The number of pyridine rings is 1. The van der Waals surface area contributed by atoms with E-state index in [0.29, 0.717) is 67.3 Å². The summed E-state index contributed by atoms with van der Waals surface area (Å²) in [6.07, 6.45) is 2.32. The van der Waals surface area contributed by atoms with Gasteiger partial charge in [0.25, 0.3) is 11.8 Å². The molecule has 250 valence electrons. The van der Waals surface area contributed by atoms with Crippen LogP contribution in [-0.2, 0) is 9.47 Å². The number of amides is 2. The molecule has 2 saturated heterocycles. The van der Waals surface area contributed by atoms with Crippen LogP contribution in [0.1, 0.15) is 20.7 Å². The van der Waals surface area contributed by atoms with Gasteiger partial charge < -0.3 is 40.0 Å². The number of para-hydroxylation sites is 1. The van der Waals surface area contributed by atoms with Crippen LogP contribution in [0, 0.1) is 9.52 Å². The predicted molar refractivity (Wildman–Crippen MR) is 186 cm³/mol. The monoisotopic (exact) mass is 768 g/mol. The van der Waals surface area contributed by atoms with Crippen molar-refractivity contribution in [2.24, 2.45) is 0 Å². The molecule has 13 nitrogen and oxygen atoms in total. The van der Waals surface area contributed by atoms with Crippen LogP contribution in [0.25, 0.3) is 0 Å². The number of morpholine rings is 2. The number of methoxy groups -OCH3 is 1. The molecule has 2 aliphatic heterocycles. The molecule has 2 atom stereocenters. The molecule has 0 aliphatic carbocycles. The Balaban J connectivity index is 1.14. The van der Waals surface area contributed by atoms with E-state index in [1.807, 2.05) is 30.3 Å². The number of ether oxygens (including phenoxy) is 3. The van der Waals surface area contributed by atoms with Gasteiger partial charge in [-0.25, -0.2) is 9.97 Å². The lowest BCUT2D eigenvalue weighted by atomic mass is 10.1. The molecule has 2 aromatic carbocycles. The number of nitrogens with zero attached hydrogens (tertiary/aromatic N) is 5. The molecule has 2 fully saturated rings. The van der Waals surface area contributed by atoms with Crippen molar-refractivity contribution in [2.45, 2.75) is 12.2 Å². The second-order valence-electron chi connectivity index (χ2n) is 11.0. The van der Waals surface area contributed by atoms with Crippen LogP contribution in [-0.4, -0.2) is 97.4 Å². The van der Waals surface area contributed by atoms with E-state index in [0.717, 1.165) is 9.26 Å². The zero-order valence-electron chi connectivity index (χ0n) is 26.3. The number of benzene rings is 2. The molecule has 2 aromatic heterocycles. The maximum Gasteiger partial charge on any atom is 0.258 e. The summed E-state index contributed by atoms with van der Waals surface area (Å²) >= 11 is 2.14. The molecular formula is C33H34FIN8O5. The molecular weight excluding hydrogens is 734 g/mol. The van der Waals surface area contributed by atoms with Gasteiger partial charge in [-0.2, -0.15) is 9.37 Å². The topological polar surface area (TPSA) is 143 Å². The number of carbonyl (C=O) groups is 2. The fourth-order valence-electron chi connectivity index (χ4n) is 5.60. The second-order valence-corrected chi connectivity index (χ2v) is 12.2. The van der Waals surface area contributed by atoms with Gasteiger partial charge in [0.1, 0.15) is 23.8 Å². The van der Waals surface area contributed by atoms with Crippen LogP contribution in [0.5, 0.6) is 5.75 Å². The van der Waals surface area contributed by atoms with Gasteiger partial charge in [0, 0.05) is 57.4 Å². The van der Waals surface area contributed by atoms with Crippen LogP contribution >= 0.6 is 22.6 Å². The van der Waals surface area contributed by atoms with Crippen molar-refractivity contribution in [1.29, 1.82) is 0 Å². The van der Waals surface area contributed by atoms with Gasteiger partial charge in [0.05, 0.1) is 46.4 Å². The quantitative estimate of drug-likeness (QED) is 0.167. The number of anilines is 5. The maximum absolute atomic E-state index is 14.2. The highest BCUT2D eigenvalue weighted by molar-refractivity contribution is 14.1. The summed E-state index contributed by atoms with van der Waals surface area (Å²) in [7, 11) is 3.18. The molecule has 48 heavy (non-hydrogen) atoms. The average Bonchev–Trinajstić information content (AvgIpc) is 3.13. The van der Waals surface area contributed by atoms with E-state index in [2.05, 4.69) is 58.4 Å². The number of aromatic nitrogens is 3. The largest absolute Gasteiger partial charge is 0.494 e. The Kier molecular flexibility index (Phi) is 10.5. The number of hydrogen-bond acceptors (Lipinski definition) is 11. The highest BCUT2D eigenvalue weighted by Crippen LogP contribution is 2.33. The van der Waals surface area contributed by atoms with Crippen molar-refractivity contribution in [1.82, 2.24) is 25.2 Å². The predicted octanol–water partition coefficient (Wildman–Crippen LogP) is 4.22. The summed E-state index contributed by atoms with van der Waals surface area (Å²) in [5, 5.41) is 9.16. The zero-order chi connectivity index (χ0) is 33.6. The third-order valence-corrected chi connectivity index (χ3v) is 8.86. The minimum Gasteiger partial charge on any atom is -0.494 e. The Morgan fingerprint density at radius 2 is 1.73 bits per heavy atom. The molecule has 0 spiro atoms. The molecule has 6 rings (SSSR count). The third-order valence-electron chi connectivity index (χ3n) is 8.07. The summed E-state index contributed by atoms with van der Waals surface area (Å²) in [6.45, 7) is 2.60. The van der Waals surface area contributed by atoms with E-state index in [1.54, 1.807) is 43.5 Å². The number of halogens is 2. The van der Waals surface area contributed by atoms with E-state index < -0.39 is 11.9 Å². The molecule has 15 heteroatoms. The van der Waals surface area contributed by atoms with Gasteiger partial charge in [-0.3, -0.25) is 9.59 Å². The summed E-state index contributed by atoms with van der Waals surface area (Å²) < 4.78 is 32.8. The standard InChI is InChI=1S/C33H34FIN8O5/c1-36-31(44)21-6-3-4-8-24(21)39-30-23(35)17-38-33(41-30)40-25-10-9-20(16-26(25)46-2)42-12-14-47-27(18-42)28-19-43(13-15-48-28)32(45)22-7-5-11-37-29(22)34/h3-11,16-17,27-28H,12-15,18-19H2,1-2H3,(H,36,44)(H2,38,39,40,41). The van der Waals surface area contributed by atoms with Gasteiger partial charge in [0.15, 0.2) is 0 Å². The molecule has 2 unspecified atom stereocenters. The number of rotatable bonds is 9. The number of nitrogens with one attached hydrogen (secondary N) is 3. The summed E-state index contributed by atoms with van der Waals surface area (Å²) in [6, 6.07) is 16.0. The lowest BCUT2D eigenvalue weighted by Gasteiger charge is -2.41. The van der Waals surface area contributed by atoms with E-state index in [-0.39, 0.29) is 30.2 Å². The minimum absolute atomic E-state index is 0.0559. The Morgan fingerprint density at radius 1 is 0.958 bits per heavy atom. The second kappa shape index (κ2) is 15.1. The summed E-state index contributed by atoms with van der Waals surface area (Å²) in [5.74, 6) is 0.0526. The van der Waals surface area contributed by atoms with E-state index in [4.69, 9.17) is 14.2 Å². The van der Waals surface area contributed by atoms with Crippen LogP contribution in [0.4, 0.5) is 33.2 Å². The van der Waals surface area contributed by atoms with Gasteiger partial charge in [-0.1, -0.05) is 12.1 Å². The maximum atomic E-state index is 14.2. The molecule has 4 heterocycles. The van der Waals surface area contributed by atoms with E-state index in [9.17, 15) is 14.0 Å². The fraction of sp³-hybridized carbons (Fsp3) is 0.303. The Labute approximate surface area is 290 Å². The molecule has 4 aromatic rings. The molecule has 0 saturated carbocycles. The summed E-state index contributed by atoms with van der Waals surface area (Å²) in [4.78, 5) is 41.9. The SMILES string of the molecule is CNC(=O)c1ccccc1Nc1nc(Nc2ccc(N3CCOC(C4CN(C(=O)c5cccnc5F)CCO4)C3)cc2OC)ncc1I. The number of carbonyl (C=O) groups excluding carboxylic acids is 2. The van der Waals surface area contributed by atoms with Gasteiger partial charge in [0.2, 0.25) is 11.9 Å². The first-order valence-corrected chi connectivity index (χ1v) is 16.4. The Bertz CT molecular complexity index is 1800. The first-order chi connectivity index (χ1) is 23.3. The van der Waals surface area contributed by atoms with Crippen LogP contribution in [0.15, 0.2) is 67.0 Å². The molecule has 2 aliphatic rings. The zero-order valence-corrected chi connectivity index (χ0v) is 28.4. The van der Waals surface area contributed by atoms with Gasteiger partial charge >= 0.3 is 0 Å². The first-order valence-electron chi connectivity index (χ1n) is 15.3. The molecule has 3 N–H and O–H groups in total. The van der Waals surface area contributed by atoms with Crippen molar-refractivity contribution >= 4 is 63.2 Å². The minimum atomic E-state index is -0.785. The summed E-state index contributed by atoms with van der Waals surface area (Å²) in [5.41, 5.74) is 2.64. The molecule has 0 bridgehead atoms. The van der Waals surface area contributed by atoms with Crippen LogP contribution in [0.3, 0.4) is 0 Å². The van der Waals surface area contributed by atoms with Crippen molar-refractivity contribution < 1.29 is 28.2 Å². The molecule has 2 amide bonds. The van der Waals surface area contributed by atoms with Gasteiger partial charge in [-0.05, 0) is 59.0 Å². The average molecular weight is 769 g/mol. The molecule has 0 radical (unpaired) electrons. The van der Waals surface area contributed by atoms with Crippen LogP contribution < -0.4 is 25.6 Å². The van der Waals surface area contributed by atoms with E-state index in [1.165, 1.54) is 12.3 Å². The van der Waals surface area contributed by atoms with Crippen LogP contribution in [0.2, 0.25) is 0 Å². The Hall–Kier alpha value is -4.61. The van der Waals surface area contributed by atoms with Crippen molar-refractivity contribution in [3.8, 4) is 5.75 Å². The lowest BCUT2D eigenvalue weighted by Crippen LogP contribution is -2.56. The van der Waals surface area contributed by atoms with Crippen molar-refractivity contribution in [2.75, 3.05) is 69.1 Å². The Morgan fingerprint density at radius 3 is 2.52 bits per heavy atom. The van der Waals surface area contributed by atoms with Crippen molar-refractivity contribution in [3.05, 3.63) is 87.6 Å². The van der Waals surface area contributed by atoms with Crippen molar-refractivity contribution in [3.63, 3.8) is 0 Å². The fourth-order valence-corrected chi connectivity index (χ4v) is 6.00.